The molecule has 232 valence electrons. The first kappa shape index (κ1) is 30.8. The molecule has 3 aliphatic carbocycles. The summed E-state index contributed by atoms with van der Waals surface area (Å²) in [6.07, 6.45) is 10.6. The Kier molecular flexibility index (Phi) is 8.31. The summed E-state index contributed by atoms with van der Waals surface area (Å²) in [7, 11) is -0.982. The number of benzene rings is 2. The van der Waals surface area contributed by atoms with Crippen LogP contribution in [0.5, 0.6) is 0 Å². The molecule has 6 rings (SSSR count). The Labute approximate surface area is 259 Å². The molecule has 2 aromatic carbocycles. The van der Waals surface area contributed by atoms with E-state index in [4.69, 9.17) is 23.4 Å². The highest BCUT2D eigenvalue weighted by molar-refractivity contribution is 6.99. The van der Waals surface area contributed by atoms with Crippen LogP contribution in [0, 0.1) is 16.7 Å². The van der Waals surface area contributed by atoms with E-state index in [-0.39, 0.29) is 28.8 Å². The van der Waals surface area contributed by atoms with Gasteiger partial charge in [0.1, 0.15) is 6.79 Å². The molecule has 0 amide bonds. The number of hydrogen-bond donors (Lipinski definition) is 0. The van der Waals surface area contributed by atoms with E-state index in [0.717, 1.165) is 38.5 Å². The smallest absolute Gasteiger partial charge is 0.319 e. The molecule has 1 heterocycles. The van der Waals surface area contributed by atoms with Gasteiger partial charge >= 0.3 is 8.32 Å². The minimum atomic E-state index is -2.69. The van der Waals surface area contributed by atoms with Gasteiger partial charge in [0.05, 0.1) is 25.6 Å². The van der Waals surface area contributed by atoms with Crippen molar-refractivity contribution in [3.05, 3.63) is 84.1 Å². The fourth-order valence-corrected chi connectivity index (χ4v) is 13.4. The summed E-state index contributed by atoms with van der Waals surface area (Å²) in [5.74, 6) is -0.0605. The van der Waals surface area contributed by atoms with Gasteiger partial charge in [0.2, 0.25) is 0 Å². The van der Waals surface area contributed by atoms with Crippen LogP contribution in [0.25, 0.3) is 0 Å². The monoisotopic (exact) mass is 602 g/mol. The Hall–Kier alpha value is -2.22. The van der Waals surface area contributed by atoms with Crippen LogP contribution in [0.15, 0.2) is 84.1 Å². The molecule has 1 saturated heterocycles. The molecule has 0 radical (unpaired) electrons. The van der Waals surface area contributed by atoms with Gasteiger partial charge in [-0.1, -0.05) is 101 Å². The molecule has 43 heavy (non-hydrogen) atoms. The first-order chi connectivity index (χ1) is 20.6. The fourth-order valence-electron chi connectivity index (χ4n) is 9.14. The maximum Gasteiger partial charge on any atom is 0.319 e. The normalized spacial score (nSPS) is 30.6. The third kappa shape index (κ3) is 4.98. The van der Waals surface area contributed by atoms with E-state index in [2.05, 4.69) is 108 Å². The number of rotatable bonds is 8. The van der Waals surface area contributed by atoms with Crippen LogP contribution in [0.2, 0.25) is 5.04 Å². The molecule has 0 N–H and O–H groups in total. The van der Waals surface area contributed by atoms with Crippen LogP contribution in [0.3, 0.4) is 0 Å². The first-order valence-corrected chi connectivity index (χ1v) is 18.1. The number of allylic oxidation sites excluding steroid dienone is 2. The second-order valence-electron chi connectivity index (χ2n) is 14.5. The van der Waals surface area contributed by atoms with Gasteiger partial charge in [-0.2, -0.15) is 0 Å². The zero-order valence-corrected chi connectivity index (χ0v) is 28.0. The van der Waals surface area contributed by atoms with Crippen LogP contribution >= 0.6 is 0 Å². The van der Waals surface area contributed by atoms with Crippen molar-refractivity contribution in [2.75, 3.05) is 27.1 Å². The van der Waals surface area contributed by atoms with Crippen molar-refractivity contribution < 1.29 is 23.4 Å². The minimum Gasteiger partial charge on any atom is -0.540 e. The van der Waals surface area contributed by atoms with E-state index in [1.54, 1.807) is 12.7 Å². The van der Waals surface area contributed by atoms with Crippen LogP contribution in [0.1, 0.15) is 73.1 Å². The molecule has 4 aliphatic rings. The van der Waals surface area contributed by atoms with Gasteiger partial charge in [-0.25, -0.2) is 0 Å². The van der Waals surface area contributed by atoms with Crippen molar-refractivity contribution in [1.29, 1.82) is 0 Å². The largest absolute Gasteiger partial charge is 0.540 e. The van der Waals surface area contributed by atoms with E-state index in [1.807, 2.05) is 0 Å². The van der Waals surface area contributed by atoms with Gasteiger partial charge in [0.15, 0.2) is 5.79 Å². The van der Waals surface area contributed by atoms with Crippen molar-refractivity contribution in [3.63, 3.8) is 0 Å². The molecule has 4 atom stereocenters. The first-order valence-electron chi connectivity index (χ1n) is 16.2. The van der Waals surface area contributed by atoms with E-state index in [9.17, 15) is 0 Å². The van der Waals surface area contributed by atoms with Crippen LogP contribution < -0.4 is 10.4 Å². The maximum absolute atomic E-state index is 7.24. The summed E-state index contributed by atoms with van der Waals surface area (Å²) >= 11 is 0. The zero-order chi connectivity index (χ0) is 30.3. The second kappa shape index (κ2) is 11.6. The lowest BCUT2D eigenvalue weighted by molar-refractivity contribution is -0.235. The van der Waals surface area contributed by atoms with Crippen LogP contribution in [0.4, 0.5) is 0 Å². The lowest BCUT2D eigenvalue weighted by atomic mass is 9.56. The summed E-state index contributed by atoms with van der Waals surface area (Å²) in [5, 5.41) is 2.48. The zero-order valence-electron chi connectivity index (χ0n) is 27.0. The van der Waals surface area contributed by atoms with Gasteiger partial charge in [-0.15, -0.1) is 0 Å². The van der Waals surface area contributed by atoms with Crippen molar-refractivity contribution in [1.82, 2.24) is 0 Å². The highest BCUT2D eigenvalue weighted by atomic mass is 28.4. The van der Waals surface area contributed by atoms with E-state index in [1.165, 1.54) is 15.9 Å². The number of methoxy groups -OCH3 is 1. The lowest BCUT2D eigenvalue weighted by Crippen LogP contribution is -2.65. The lowest BCUT2D eigenvalue weighted by Gasteiger charge is -2.53. The Morgan fingerprint density at radius 3 is 2.14 bits per heavy atom. The summed E-state index contributed by atoms with van der Waals surface area (Å²) in [5.41, 5.74) is 2.71. The van der Waals surface area contributed by atoms with Crippen LogP contribution in [-0.4, -0.2) is 47.3 Å². The molecule has 1 aliphatic heterocycles. The average molecular weight is 603 g/mol. The van der Waals surface area contributed by atoms with Gasteiger partial charge < -0.3 is 23.4 Å². The summed E-state index contributed by atoms with van der Waals surface area (Å²) < 4.78 is 32.1. The topological polar surface area (TPSA) is 46.2 Å². The molecule has 0 unspecified atom stereocenters. The van der Waals surface area contributed by atoms with E-state index in [0.29, 0.717) is 19.1 Å². The van der Waals surface area contributed by atoms with Gasteiger partial charge in [-0.3, -0.25) is 0 Å². The van der Waals surface area contributed by atoms with E-state index >= 15 is 0 Å². The Bertz CT molecular complexity index is 1290. The van der Waals surface area contributed by atoms with Crippen molar-refractivity contribution in [2.24, 2.45) is 16.7 Å². The Balaban J connectivity index is 1.41. The van der Waals surface area contributed by atoms with E-state index < -0.39 is 14.1 Å². The molecule has 0 bridgehead atoms. The molecule has 2 fully saturated rings. The number of fused-ring (bicyclic) bond motifs is 3. The molecular formula is C37H50O5Si. The number of hydrogen-bond acceptors (Lipinski definition) is 5. The molecule has 1 saturated carbocycles. The highest BCUT2D eigenvalue weighted by Gasteiger charge is 2.65. The molecule has 2 aromatic rings. The Morgan fingerprint density at radius 1 is 0.930 bits per heavy atom. The third-order valence-electron chi connectivity index (χ3n) is 11.1. The quantitative estimate of drug-likeness (QED) is 0.139. The third-order valence-corrected chi connectivity index (χ3v) is 16.0. The van der Waals surface area contributed by atoms with Crippen LogP contribution in [-0.2, 0) is 23.4 Å². The highest BCUT2D eigenvalue weighted by Crippen LogP contribution is 2.65. The fraction of sp³-hybridized carbons (Fsp3) is 0.568. The van der Waals surface area contributed by atoms with Crippen molar-refractivity contribution >= 4 is 18.7 Å². The molecule has 6 heteroatoms. The molecule has 0 aromatic heterocycles. The SMILES string of the molecule is COCO[C@H]1C[C@@]2(C)[C@@H](CCC23OCCO3)C2=C1[C@](C)(/C=C/O[Si](c1ccccc1)(c1ccccc1)C(C)(C)C)CCC2. The molecule has 5 nitrogen and oxygen atoms in total. The van der Waals surface area contributed by atoms with Gasteiger partial charge in [0, 0.05) is 24.4 Å². The second-order valence-corrected chi connectivity index (χ2v) is 18.8. The summed E-state index contributed by atoms with van der Waals surface area (Å²) in [6.45, 7) is 13.4. The number of ether oxygens (including phenoxy) is 4. The van der Waals surface area contributed by atoms with Gasteiger partial charge in [-0.05, 0) is 65.1 Å². The minimum absolute atomic E-state index is 0.0539. The average Bonchev–Trinajstić information content (AvgIpc) is 3.59. The summed E-state index contributed by atoms with van der Waals surface area (Å²) in [4.78, 5) is 0. The molecular weight excluding hydrogens is 552 g/mol. The van der Waals surface area contributed by atoms with Crippen molar-refractivity contribution in [3.8, 4) is 0 Å². The van der Waals surface area contributed by atoms with Crippen molar-refractivity contribution in [2.45, 2.75) is 90.1 Å². The Morgan fingerprint density at radius 2 is 1.56 bits per heavy atom. The summed E-state index contributed by atoms with van der Waals surface area (Å²) in [6, 6.07) is 21.7. The predicted molar refractivity (Wildman–Crippen MR) is 174 cm³/mol. The molecule has 1 spiro atoms. The maximum atomic E-state index is 7.24. The standard InChI is InChI=1S/C37H50O5Si/c1-34(2,3)43(28-14-9-7-10-15-28,29-16-11-8-12-17-29)42-23-22-35(4)20-13-18-30-31-19-21-37(40-24-25-41-37)36(31,5)26-32(33(30)35)39-27-38-6/h7-12,14-17,22-23,31-32H,13,18-21,24-27H2,1-6H3/b23-22+/t31-,32-,35-,36-/m0/s1. The predicted octanol–water partition coefficient (Wildman–Crippen LogP) is 7.12. The van der Waals surface area contributed by atoms with Gasteiger partial charge in [0.25, 0.3) is 0 Å².